The van der Waals surface area contributed by atoms with Crippen LogP contribution >= 0.6 is 23.4 Å². The smallest absolute Gasteiger partial charge is 0.294 e. The highest BCUT2D eigenvalue weighted by Crippen LogP contribution is 2.38. The SMILES string of the molecule is CC1=CC(O)(Cl)N(c2ccc(S(=O)(=O)O)cc2)N1Cl. The molecule has 1 aliphatic heterocycles. The molecule has 2 rings (SSSR count). The van der Waals surface area contributed by atoms with Crippen LogP contribution in [0.25, 0.3) is 0 Å². The second-order valence-electron chi connectivity index (χ2n) is 3.96. The molecule has 0 radical (unpaired) electrons. The molecule has 0 aromatic heterocycles. The number of rotatable bonds is 2. The molecule has 1 aromatic rings. The zero-order chi connectivity index (χ0) is 14.4. The molecule has 0 bridgehead atoms. The molecule has 0 amide bonds. The van der Waals surface area contributed by atoms with E-state index in [4.69, 9.17) is 27.9 Å². The van der Waals surface area contributed by atoms with Gasteiger partial charge in [0.2, 0.25) is 0 Å². The van der Waals surface area contributed by atoms with Crippen molar-refractivity contribution in [1.29, 1.82) is 0 Å². The van der Waals surface area contributed by atoms with E-state index in [2.05, 4.69) is 0 Å². The summed E-state index contributed by atoms with van der Waals surface area (Å²) in [6, 6.07) is 5.07. The number of anilines is 1. The Bertz CT molecular complexity index is 627. The average molecular weight is 325 g/mol. The van der Waals surface area contributed by atoms with Crippen molar-refractivity contribution >= 4 is 39.2 Å². The maximum Gasteiger partial charge on any atom is 0.294 e. The lowest BCUT2D eigenvalue weighted by Crippen LogP contribution is -2.44. The van der Waals surface area contributed by atoms with Crippen LogP contribution in [0.2, 0.25) is 0 Å². The minimum atomic E-state index is -4.27. The van der Waals surface area contributed by atoms with Crippen molar-refractivity contribution in [3.05, 3.63) is 36.0 Å². The first kappa shape index (κ1) is 14.4. The second kappa shape index (κ2) is 4.53. The van der Waals surface area contributed by atoms with Crippen molar-refractivity contribution in [3.63, 3.8) is 0 Å². The monoisotopic (exact) mass is 324 g/mol. The number of alkyl halides is 1. The van der Waals surface area contributed by atoms with Gasteiger partial charge in [0.1, 0.15) is 0 Å². The Morgan fingerprint density at radius 1 is 1.26 bits per heavy atom. The van der Waals surface area contributed by atoms with E-state index >= 15 is 0 Å². The maximum atomic E-state index is 10.9. The second-order valence-corrected chi connectivity index (χ2v) is 6.26. The molecule has 6 nitrogen and oxygen atoms in total. The molecule has 0 aliphatic carbocycles. The molecular weight excluding hydrogens is 315 g/mol. The van der Waals surface area contributed by atoms with E-state index in [1.807, 2.05) is 0 Å². The quantitative estimate of drug-likeness (QED) is 0.374. The Kier molecular flexibility index (Phi) is 3.44. The molecular formula is C10H10Cl2N2O4S. The molecule has 1 aromatic carbocycles. The Hall–Kier alpha value is -0.990. The van der Waals surface area contributed by atoms with Crippen LogP contribution in [0.15, 0.2) is 40.9 Å². The fraction of sp³-hybridized carbons (Fsp3) is 0.200. The number of hydrogen-bond acceptors (Lipinski definition) is 5. The Labute approximate surface area is 120 Å². The molecule has 1 atom stereocenters. The molecule has 0 saturated carbocycles. The molecule has 104 valence electrons. The van der Waals surface area contributed by atoms with E-state index < -0.39 is 15.3 Å². The van der Waals surface area contributed by atoms with Gasteiger partial charge in [0.15, 0.2) is 0 Å². The summed E-state index contributed by atoms with van der Waals surface area (Å²) in [4.78, 5) is -0.264. The van der Waals surface area contributed by atoms with E-state index in [1.165, 1.54) is 30.3 Å². The zero-order valence-electron chi connectivity index (χ0n) is 9.66. The third kappa shape index (κ3) is 2.65. The number of hydrogen-bond donors (Lipinski definition) is 2. The fourth-order valence-corrected chi connectivity index (χ4v) is 2.80. The summed E-state index contributed by atoms with van der Waals surface area (Å²) in [6.07, 6.45) is 1.33. The van der Waals surface area contributed by atoms with Gasteiger partial charge in [-0.3, -0.25) is 4.55 Å². The van der Waals surface area contributed by atoms with E-state index in [0.29, 0.717) is 11.4 Å². The van der Waals surface area contributed by atoms with Crippen molar-refractivity contribution < 1.29 is 18.1 Å². The summed E-state index contributed by atoms with van der Waals surface area (Å²) < 4.78 is 31.8. The van der Waals surface area contributed by atoms with Crippen LogP contribution in [-0.2, 0) is 10.1 Å². The van der Waals surface area contributed by atoms with Gasteiger partial charge in [-0.2, -0.15) is 12.9 Å². The van der Waals surface area contributed by atoms with Crippen molar-refractivity contribution in [1.82, 2.24) is 4.53 Å². The molecule has 0 fully saturated rings. The highest BCUT2D eigenvalue weighted by Gasteiger charge is 2.41. The molecule has 0 spiro atoms. The van der Waals surface area contributed by atoms with Crippen molar-refractivity contribution in [2.24, 2.45) is 0 Å². The number of benzene rings is 1. The van der Waals surface area contributed by atoms with Gasteiger partial charge in [0.25, 0.3) is 15.3 Å². The van der Waals surface area contributed by atoms with Gasteiger partial charge in [-0.1, -0.05) is 11.6 Å². The van der Waals surface area contributed by atoms with Crippen molar-refractivity contribution in [3.8, 4) is 0 Å². The van der Waals surface area contributed by atoms with Gasteiger partial charge >= 0.3 is 0 Å². The first-order valence-electron chi connectivity index (χ1n) is 5.07. The molecule has 1 unspecified atom stereocenters. The van der Waals surface area contributed by atoms with E-state index in [9.17, 15) is 13.5 Å². The first-order valence-corrected chi connectivity index (χ1v) is 7.23. The van der Waals surface area contributed by atoms with E-state index in [-0.39, 0.29) is 4.90 Å². The van der Waals surface area contributed by atoms with Crippen molar-refractivity contribution in [2.45, 2.75) is 17.0 Å². The minimum absolute atomic E-state index is 0.264. The third-order valence-corrected chi connectivity index (χ3v) is 4.09. The molecule has 0 saturated heterocycles. The minimum Gasteiger partial charge on any atom is -0.354 e. The molecule has 2 N–H and O–H groups in total. The fourth-order valence-electron chi connectivity index (χ4n) is 1.70. The summed E-state index contributed by atoms with van der Waals surface area (Å²) in [5.41, 5.74) is 0.867. The predicted molar refractivity (Wildman–Crippen MR) is 71.0 cm³/mol. The first-order chi connectivity index (χ1) is 8.63. The molecule has 9 heteroatoms. The van der Waals surface area contributed by atoms with Gasteiger partial charge in [0, 0.05) is 17.9 Å². The van der Waals surface area contributed by atoms with Gasteiger partial charge < -0.3 is 5.11 Å². The van der Waals surface area contributed by atoms with E-state index in [1.54, 1.807) is 6.92 Å². The number of hydrazine groups is 1. The Morgan fingerprint density at radius 3 is 2.16 bits per heavy atom. The van der Waals surface area contributed by atoms with Crippen LogP contribution in [0, 0.1) is 0 Å². The van der Waals surface area contributed by atoms with Crippen LogP contribution in [0.1, 0.15) is 6.92 Å². The summed E-state index contributed by atoms with van der Waals surface area (Å²) >= 11 is 11.9. The summed E-state index contributed by atoms with van der Waals surface area (Å²) in [7, 11) is -4.27. The number of nitrogens with zero attached hydrogens (tertiary/aromatic N) is 2. The predicted octanol–water partition coefficient (Wildman–Crippen LogP) is 1.91. The average Bonchev–Trinajstić information content (AvgIpc) is 2.47. The molecule has 19 heavy (non-hydrogen) atoms. The normalized spacial score (nSPS) is 23.7. The third-order valence-electron chi connectivity index (χ3n) is 2.54. The lowest BCUT2D eigenvalue weighted by molar-refractivity contribution is 0.157. The summed E-state index contributed by atoms with van der Waals surface area (Å²) in [5, 5.41) is 9.31. The highest BCUT2D eigenvalue weighted by molar-refractivity contribution is 7.85. The number of allylic oxidation sites excluding steroid dienone is 1. The Morgan fingerprint density at radius 2 is 1.79 bits per heavy atom. The van der Waals surface area contributed by atoms with Gasteiger partial charge in [-0.25, -0.2) is 5.01 Å². The number of aliphatic hydroxyl groups is 1. The van der Waals surface area contributed by atoms with Crippen LogP contribution in [-0.4, -0.2) is 27.8 Å². The zero-order valence-corrected chi connectivity index (χ0v) is 12.0. The topological polar surface area (TPSA) is 81.1 Å². The van der Waals surface area contributed by atoms with Crippen LogP contribution in [0.5, 0.6) is 0 Å². The largest absolute Gasteiger partial charge is 0.354 e. The van der Waals surface area contributed by atoms with Gasteiger partial charge in [-0.15, -0.1) is 0 Å². The summed E-state index contributed by atoms with van der Waals surface area (Å²) in [5.74, 6) is 0. The van der Waals surface area contributed by atoms with Crippen LogP contribution in [0.4, 0.5) is 5.69 Å². The summed E-state index contributed by atoms with van der Waals surface area (Å²) in [6.45, 7) is 1.65. The van der Waals surface area contributed by atoms with Crippen LogP contribution in [0.3, 0.4) is 0 Å². The molecule has 1 heterocycles. The van der Waals surface area contributed by atoms with E-state index in [0.717, 1.165) is 9.54 Å². The number of halogens is 2. The lowest BCUT2D eigenvalue weighted by atomic mass is 10.3. The molecule has 1 aliphatic rings. The van der Waals surface area contributed by atoms with Gasteiger partial charge in [0.05, 0.1) is 16.3 Å². The van der Waals surface area contributed by atoms with Crippen molar-refractivity contribution in [2.75, 3.05) is 5.01 Å². The lowest BCUT2D eigenvalue weighted by Gasteiger charge is -2.33. The highest BCUT2D eigenvalue weighted by atomic mass is 35.5. The maximum absolute atomic E-state index is 10.9. The van der Waals surface area contributed by atoms with Gasteiger partial charge in [-0.05, 0) is 31.2 Å². The standard InChI is InChI=1S/C10H10Cl2N2O4S/c1-7-6-10(11,15)13(14(7)12)8-2-4-9(5-3-8)19(16,17)18/h2-6,15H,1H3,(H,16,17,18). The van der Waals surface area contributed by atoms with Crippen LogP contribution < -0.4 is 5.01 Å². The Balaban J connectivity index is 2.39.